The fourth-order valence-electron chi connectivity index (χ4n) is 1.73. The summed E-state index contributed by atoms with van der Waals surface area (Å²) in [5.41, 5.74) is -1.96. The van der Waals surface area contributed by atoms with E-state index in [0.717, 1.165) is 11.8 Å². The number of hydrogen-bond acceptors (Lipinski definition) is 6. The van der Waals surface area contributed by atoms with Gasteiger partial charge in [-0.1, -0.05) is 0 Å². The number of nitro groups is 2. The molecule has 0 atom stereocenters. The van der Waals surface area contributed by atoms with Gasteiger partial charge in [0.1, 0.15) is 4.90 Å². The van der Waals surface area contributed by atoms with Gasteiger partial charge >= 0.3 is 11.1 Å². The van der Waals surface area contributed by atoms with Gasteiger partial charge in [-0.25, -0.2) is 4.98 Å². The first kappa shape index (κ1) is 15.4. The molecule has 0 saturated carbocycles. The Morgan fingerprint density at radius 2 is 1.90 bits per heavy atom. The van der Waals surface area contributed by atoms with Crippen LogP contribution in [0.3, 0.4) is 0 Å². The van der Waals surface area contributed by atoms with Crippen LogP contribution in [0, 0.1) is 20.2 Å². The maximum atomic E-state index is 13.1. The summed E-state index contributed by atoms with van der Waals surface area (Å²) in [4.78, 5) is 25.6. The Hall–Kier alpha value is -2.01. The van der Waals surface area contributed by atoms with Crippen LogP contribution in [-0.2, 0) is 5.38 Å². The number of aromatic nitrogens is 2. The molecular formula is C9H5ClF2N4O4S. The minimum absolute atomic E-state index is 0.0414. The average molecular weight is 339 g/mol. The molecule has 0 aliphatic rings. The second-order valence-corrected chi connectivity index (χ2v) is 5.06. The van der Waals surface area contributed by atoms with Crippen LogP contribution in [0.2, 0.25) is 0 Å². The average Bonchev–Trinajstić information content (AvgIpc) is 2.80. The summed E-state index contributed by atoms with van der Waals surface area (Å²) in [6.07, 6.45) is 1.47. The molecule has 0 saturated heterocycles. The largest absolute Gasteiger partial charge is 0.379 e. The molecule has 112 valence electrons. The number of nitrogens with one attached hydrogen (secondary N) is 1. The summed E-state index contributed by atoms with van der Waals surface area (Å²) >= 11 is 5.70. The Morgan fingerprint density at radius 3 is 2.33 bits per heavy atom. The molecule has 0 unspecified atom stereocenters. The lowest BCUT2D eigenvalue weighted by Gasteiger charge is -2.02. The standard InChI is InChI=1S/C9H5ClF2N4O4S/c1-21-7-4(16(19)20)2-3(15(17)18)5-6(7)14-8(13-5)9(10,11)12/h2H,1H3,(H,13,14). The van der Waals surface area contributed by atoms with E-state index >= 15 is 0 Å². The molecule has 0 aliphatic heterocycles. The Balaban J connectivity index is 2.93. The van der Waals surface area contributed by atoms with Crippen molar-refractivity contribution in [3.8, 4) is 0 Å². The second-order valence-electron chi connectivity index (χ2n) is 3.77. The second kappa shape index (κ2) is 5.07. The van der Waals surface area contributed by atoms with Crippen LogP contribution < -0.4 is 0 Å². The number of fused-ring (bicyclic) bond motifs is 1. The first-order chi connectivity index (χ1) is 9.66. The van der Waals surface area contributed by atoms with Crippen LogP contribution in [0.15, 0.2) is 11.0 Å². The molecule has 1 N–H and O–H groups in total. The summed E-state index contributed by atoms with van der Waals surface area (Å²) < 4.78 is 26.2. The number of thioether (sulfide) groups is 1. The van der Waals surface area contributed by atoms with Gasteiger partial charge in [-0.2, -0.15) is 8.78 Å². The normalized spacial score (nSPS) is 11.8. The lowest BCUT2D eigenvalue weighted by atomic mass is 10.2. The lowest BCUT2D eigenvalue weighted by molar-refractivity contribution is -0.394. The van der Waals surface area contributed by atoms with Crippen LogP contribution in [0.1, 0.15) is 5.82 Å². The number of hydrogen-bond donors (Lipinski definition) is 1. The monoisotopic (exact) mass is 338 g/mol. The molecule has 0 radical (unpaired) electrons. The first-order valence-corrected chi connectivity index (χ1v) is 6.73. The van der Waals surface area contributed by atoms with Gasteiger partial charge in [0, 0.05) is 0 Å². The topological polar surface area (TPSA) is 115 Å². The molecule has 12 heteroatoms. The highest BCUT2D eigenvalue weighted by Crippen LogP contribution is 2.41. The van der Waals surface area contributed by atoms with Crippen molar-refractivity contribution in [3.63, 3.8) is 0 Å². The zero-order valence-electron chi connectivity index (χ0n) is 10.1. The van der Waals surface area contributed by atoms with Crippen LogP contribution in [0.4, 0.5) is 20.2 Å². The quantitative estimate of drug-likeness (QED) is 0.395. The highest BCUT2D eigenvalue weighted by atomic mass is 35.5. The SMILES string of the molecule is CSc1c([N+](=O)[O-])cc([N+](=O)[O-])c2nc(C(F)(F)Cl)[nH]c12. The van der Waals surface area contributed by atoms with Crippen molar-refractivity contribution in [3.05, 3.63) is 32.1 Å². The Morgan fingerprint density at radius 1 is 1.33 bits per heavy atom. The summed E-state index contributed by atoms with van der Waals surface area (Å²) in [6, 6.07) is 0.686. The number of rotatable bonds is 4. The third-order valence-corrected chi connectivity index (χ3v) is 3.55. The lowest BCUT2D eigenvalue weighted by Crippen LogP contribution is -2.05. The molecule has 0 bridgehead atoms. The first-order valence-electron chi connectivity index (χ1n) is 5.13. The van der Waals surface area contributed by atoms with Gasteiger partial charge in [0.05, 0.1) is 21.4 Å². The zero-order chi connectivity index (χ0) is 15.9. The van der Waals surface area contributed by atoms with Gasteiger partial charge in [-0.05, 0) is 17.9 Å². The molecule has 0 amide bonds. The molecule has 2 rings (SSSR count). The van der Waals surface area contributed by atoms with Crippen molar-refractivity contribution in [2.24, 2.45) is 0 Å². The fraction of sp³-hybridized carbons (Fsp3) is 0.222. The molecule has 21 heavy (non-hydrogen) atoms. The summed E-state index contributed by atoms with van der Waals surface area (Å²) in [5.74, 6) is -1.02. The summed E-state index contributed by atoms with van der Waals surface area (Å²) in [7, 11) is 0. The van der Waals surface area contributed by atoms with Crippen LogP contribution in [0.25, 0.3) is 11.0 Å². The molecule has 8 nitrogen and oxygen atoms in total. The van der Waals surface area contributed by atoms with Gasteiger partial charge in [0.15, 0.2) is 11.3 Å². The van der Waals surface area contributed by atoms with E-state index in [9.17, 15) is 29.0 Å². The van der Waals surface area contributed by atoms with Gasteiger partial charge in [0.2, 0.25) is 0 Å². The smallest absolute Gasteiger partial charge is 0.334 e. The molecule has 1 aromatic heterocycles. The van der Waals surface area contributed by atoms with Crippen molar-refractivity contribution in [1.29, 1.82) is 0 Å². The molecule has 0 fully saturated rings. The molecule has 1 heterocycles. The van der Waals surface area contributed by atoms with E-state index in [-0.39, 0.29) is 10.4 Å². The Labute approximate surface area is 123 Å². The number of aromatic amines is 1. The maximum Gasteiger partial charge on any atom is 0.379 e. The highest BCUT2D eigenvalue weighted by molar-refractivity contribution is 7.99. The third kappa shape index (κ3) is 2.61. The van der Waals surface area contributed by atoms with E-state index in [1.807, 2.05) is 0 Å². The predicted octanol–water partition coefficient (Wildman–Crippen LogP) is 3.39. The summed E-state index contributed by atoms with van der Waals surface area (Å²) in [6.45, 7) is 0. The minimum Gasteiger partial charge on any atom is -0.334 e. The summed E-state index contributed by atoms with van der Waals surface area (Å²) in [5, 5.41) is 18.0. The number of nitro benzene ring substituents is 2. The van der Waals surface area contributed by atoms with Gasteiger partial charge in [-0.15, -0.1) is 11.8 Å². The van der Waals surface area contributed by atoms with E-state index < -0.39 is 37.9 Å². The molecule has 0 spiro atoms. The van der Waals surface area contributed by atoms with Gasteiger partial charge < -0.3 is 4.98 Å². The van der Waals surface area contributed by atoms with Crippen molar-refractivity contribution >= 4 is 45.8 Å². The third-order valence-electron chi connectivity index (χ3n) is 2.55. The Bertz CT molecular complexity index is 760. The molecule has 2 aromatic rings. The number of benzene rings is 1. The fourth-order valence-corrected chi connectivity index (χ4v) is 2.51. The van der Waals surface area contributed by atoms with Gasteiger partial charge in [-0.3, -0.25) is 20.2 Å². The van der Waals surface area contributed by atoms with Crippen molar-refractivity contribution < 1.29 is 18.6 Å². The van der Waals surface area contributed by atoms with Crippen molar-refractivity contribution in [1.82, 2.24) is 9.97 Å². The Kier molecular flexibility index (Phi) is 3.72. The van der Waals surface area contributed by atoms with Crippen molar-refractivity contribution in [2.75, 3.05) is 6.26 Å². The van der Waals surface area contributed by atoms with E-state index in [1.54, 1.807) is 0 Å². The molecule has 0 aliphatic carbocycles. The van der Waals surface area contributed by atoms with E-state index in [4.69, 9.17) is 11.6 Å². The van der Waals surface area contributed by atoms with Crippen LogP contribution in [0.5, 0.6) is 0 Å². The van der Waals surface area contributed by atoms with E-state index in [1.165, 1.54) is 6.26 Å². The number of H-pyrrole nitrogens is 1. The molecular weight excluding hydrogens is 334 g/mol. The van der Waals surface area contributed by atoms with E-state index in [0.29, 0.717) is 6.07 Å². The van der Waals surface area contributed by atoms with Gasteiger partial charge in [0.25, 0.3) is 5.69 Å². The number of nitrogens with zero attached hydrogens (tertiary/aromatic N) is 3. The maximum absolute atomic E-state index is 13.1. The van der Waals surface area contributed by atoms with E-state index in [2.05, 4.69) is 9.97 Å². The van der Waals surface area contributed by atoms with Crippen molar-refractivity contribution in [2.45, 2.75) is 10.3 Å². The van der Waals surface area contributed by atoms with Crippen LogP contribution >= 0.6 is 23.4 Å². The zero-order valence-corrected chi connectivity index (χ0v) is 11.7. The highest BCUT2D eigenvalue weighted by Gasteiger charge is 2.36. The predicted molar refractivity (Wildman–Crippen MR) is 70.9 cm³/mol. The number of imidazole rings is 1. The van der Waals surface area contributed by atoms with Crippen LogP contribution in [-0.4, -0.2) is 26.1 Å². The number of non-ortho nitro benzene ring substituents is 1. The minimum atomic E-state index is -3.88. The number of alkyl halides is 3. The molecule has 1 aromatic carbocycles. The number of halogens is 3.